The van der Waals surface area contributed by atoms with Gasteiger partial charge in [-0.3, -0.25) is 4.98 Å². The Morgan fingerprint density at radius 3 is 3.00 bits per heavy atom. The maximum absolute atomic E-state index is 5.71. The van der Waals surface area contributed by atoms with Gasteiger partial charge in [-0.25, -0.2) is 0 Å². The Morgan fingerprint density at radius 1 is 1.53 bits per heavy atom. The predicted octanol–water partition coefficient (Wildman–Crippen LogP) is 1.21. The van der Waals surface area contributed by atoms with Crippen molar-refractivity contribution in [2.24, 2.45) is 0 Å². The topological polar surface area (TPSA) is 43.4 Å². The van der Waals surface area contributed by atoms with Crippen LogP contribution in [0.25, 0.3) is 0 Å². The zero-order valence-corrected chi connectivity index (χ0v) is 9.49. The van der Waals surface area contributed by atoms with Crippen molar-refractivity contribution >= 4 is 0 Å². The molecule has 0 aromatic carbocycles. The van der Waals surface area contributed by atoms with Gasteiger partial charge in [0.25, 0.3) is 0 Å². The van der Waals surface area contributed by atoms with E-state index >= 15 is 0 Å². The Balaban J connectivity index is 2.66. The molecule has 1 aromatic rings. The number of nitrogens with one attached hydrogen (secondary N) is 1. The summed E-state index contributed by atoms with van der Waals surface area (Å²) in [5.41, 5.74) is 1.11. The minimum atomic E-state index is 0.0369. The van der Waals surface area contributed by atoms with Crippen LogP contribution in [0.1, 0.15) is 12.5 Å². The van der Waals surface area contributed by atoms with Gasteiger partial charge in [0.15, 0.2) is 0 Å². The van der Waals surface area contributed by atoms with E-state index in [0.717, 1.165) is 17.9 Å². The minimum Gasteiger partial charge on any atom is -0.486 e. The molecule has 0 aliphatic heterocycles. The molecule has 1 unspecified atom stereocenters. The Morgan fingerprint density at radius 2 is 2.33 bits per heavy atom. The van der Waals surface area contributed by atoms with Crippen molar-refractivity contribution in [2.45, 2.75) is 19.6 Å². The summed E-state index contributed by atoms with van der Waals surface area (Å²) in [4.78, 5) is 4.05. The highest BCUT2D eigenvalue weighted by molar-refractivity contribution is 5.29. The summed E-state index contributed by atoms with van der Waals surface area (Å²) in [6.45, 7) is 3.32. The molecule has 1 rings (SSSR count). The normalized spacial score (nSPS) is 12.5. The van der Waals surface area contributed by atoms with Gasteiger partial charge in [-0.15, -0.1) is 0 Å². The standard InChI is InChI=1S/C11H18N2O2/c1-9(8-14-3)15-11-7-13-5-4-10(11)6-12-2/h4-5,7,9,12H,6,8H2,1-3H3. The fourth-order valence-corrected chi connectivity index (χ4v) is 1.34. The quantitative estimate of drug-likeness (QED) is 0.766. The second kappa shape index (κ2) is 6.37. The third-order valence-electron chi connectivity index (χ3n) is 1.97. The van der Waals surface area contributed by atoms with E-state index in [-0.39, 0.29) is 6.10 Å². The van der Waals surface area contributed by atoms with Crippen LogP contribution in [0.4, 0.5) is 0 Å². The van der Waals surface area contributed by atoms with Gasteiger partial charge in [0, 0.05) is 25.4 Å². The van der Waals surface area contributed by atoms with Gasteiger partial charge in [-0.2, -0.15) is 0 Å². The third kappa shape index (κ3) is 3.85. The molecule has 1 heterocycles. The van der Waals surface area contributed by atoms with Gasteiger partial charge in [-0.05, 0) is 20.0 Å². The van der Waals surface area contributed by atoms with Crippen molar-refractivity contribution in [1.29, 1.82) is 0 Å². The van der Waals surface area contributed by atoms with Crippen LogP contribution >= 0.6 is 0 Å². The first-order chi connectivity index (χ1) is 7.27. The molecule has 1 aromatic heterocycles. The fourth-order valence-electron chi connectivity index (χ4n) is 1.34. The van der Waals surface area contributed by atoms with Crippen molar-refractivity contribution in [3.8, 4) is 5.75 Å². The Kier molecular flexibility index (Phi) is 5.07. The van der Waals surface area contributed by atoms with Gasteiger partial charge >= 0.3 is 0 Å². The van der Waals surface area contributed by atoms with Gasteiger partial charge in [-0.1, -0.05) is 0 Å². The van der Waals surface area contributed by atoms with Gasteiger partial charge in [0.2, 0.25) is 0 Å². The average Bonchev–Trinajstić information content (AvgIpc) is 2.21. The Bertz CT molecular complexity index is 292. The molecule has 0 radical (unpaired) electrons. The molecule has 0 saturated carbocycles. The number of pyridine rings is 1. The molecule has 15 heavy (non-hydrogen) atoms. The maximum Gasteiger partial charge on any atom is 0.142 e. The maximum atomic E-state index is 5.71. The van der Waals surface area contributed by atoms with Crippen molar-refractivity contribution in [1.82, 2.24) is 10.3 Å². The van der Waals surface area contributed by atoms with E-state index in [2.05, 4.69) is 10.3 Å². The van der Waals surface area contributed by atoms with E-state index in [0.29, 0.717) is 6.61 Å². The van der Waals surface area contributed by atoms with E-state index in [1.54, 1.807) is 19.5 Å². The summed E-state index contributed by atoms with van der Waals surface area (Å²) in [5.74, 6) is 0.816. The summed E-state index contributed by atoms with van der Waals surface area (Å²) >= 11 is 0. The van der Waals surface area contributed by atoms with Crippen LogP contribution in [0.15, 0.2) is 18.5 Å². The molecule has 4 nitrogen and oxygen atoms in total. The predicted molar refractivity (Wildman–Crippen MR) is 59.0 cm³/mol. The molecule has 0 amide bonds. The zero-order chi connectivity index (χ0) is 11.1. The van der Waals surface area contributed by atoms with Crippen molar-refractivity contribution < 1.29 is 9.47 Å². The Labute approximate surface area is 90.6 Å². The number of hydrogen-bond donors (Lipinski definition) is 1. The molecule has 0 aliphatic carbocycles. The first-order valence-corrected chi connectivity index (χ1v) is 5.01. The average molecular weight is 210 g/mol. The highest BCUT2D eigenvalue weighted by atomic mass is 16.5. The summed E-state index contributed by atoms with van der Waals surface area (Å²) in [5, 5.41) is 3.09. The first kappa shape index (κ1) is 11.9. The second-order valence-corrected chi connectivity index (χ2v) is 3.40. The van der Waals surface area contributed by atoms with Gasteiger partial charge in [0.05, 0.1) is 12.8 Å². The van der Waals surface area contributed by atoms with Crippen LogP contribution in [-0.2, 0) is 11.3 Å². The summed E-state index contributed by atoms with van der Waals surface area (Å²) in [7, 11) is 3.57. The van der Waals surface area contributed by atoms with Crippen LogP contribution in [0.3, 0.4) is 0 Å². The summed E-state index contributed by atoms with van der Waals surface area (Å²) < 4.78 is 10.7. The van der Waals surface area contributed by atoms with E-state index in [4.69, 9.17) is 9.47 Å². The van der Waals surface area contributed by atoms with E-state index < -0.39 is 0 Å². The van der Waals surface area contributed by atoms with Crippen LogP contribution in [0.5, 0.6) is 5.75 Å². The van der Waals surface area contributed by atoms with Crippen LogP contribution in [0, 0.1) is 0 Å². The number of hydrogen-bond acceptors (Lipinski definition) is 4. The van der Waals surface area contributed by atoms with Crippen LogP contribution in [0.2, 0.25) is 0 Å². The lowest BCUT2D eigenvalue weighted by Crippen LogP contribution is -2.19. The lowest BCUT2D eigenvalue weighted by Gasteiger charge is -2.16. The number of ether oxygens (including phenoxy) is 2. The highest BCUT2D eigenvalue weighted by Crippen LogP contribution is 2.17. The molecular formula is C11H18N2O2. The lowest BCUT2D eigenvalue weighted by atomic mass is 10.2. The lowest BCUT2D eigenvalue weighted by molar-refractivity contribution is 0.0911. The zero-order valence-electron chi connectivity index (χ0n) is 9.49. The first-order valence-electron chi connectivity index (χ1n) is 5.01. The molecule has 84 valence electrons. The monoisotopic (exact) mass is 210 g/mol. The second-order valence-electron chi connectivity index (χ2n) is 3.40. The third-order valence-corrected chi connectivity index (χ3v) is 1.97. The molecule has 0 bridgehead atoms. The van der Waals surface area contributed by atoms with Crippen LogP contribution < -0.4 is 10.1 Å². The van der Waals surface area contributed by atoms with Crippen molar-refractivity contribution in [2.75, 3.05) is 20.8 Å². The largest absolute Gasteiger partial charge is 0.486 e. The molecule has 4 heteroatoms. The van der Waals surface area contributed by atoms with E-state index in [1.807, 2.05) is 20.0 Å². The molecular weight excluding hydrogens is 192 g/mol. The molecule has 1 atom stereocenters. The SMILES string of the molecule is CNCc1ccncc1OC(C)COC. The molecule has 0 spiro atoms. The molecule has 0 saturated heterocycles. The molecule has 1 N–H and O–H groups in total. The number of aromatic nitrogens is 1. The van der Waals surface area contributed by atoms with Crippen molar-refractivity contribution in [3.05, 3.63) is 24.0 Å². The smallest absolute Gasteiger partial charge is 0.142 e. The number of rotatable bonds is 6. The van der Waals surface area contributed by atoms with Gasteiger partial charge < -0.3 is 14.8 Å². The molecule has 0 fully saturated rings. The summed E-state index contributed by atoms with van der Waals surface area (Å²) in [6.07, 6.45) is 3.54. The van der Waals surface area contributed by atoms with E-state index in [9.17, 15) is 0 Å². The minimum absolute atomic E-state index is 0.0369. The summed E-state index contributed by atoms with van der Waals surface area (Å²) in [6, 6.07) is 1.95. The number of nitrogens with zero attached hydrogens (tertiary/aromatic N) is 1. The fraction of sp³-hybridized carbons (Fsp3) is 0.545. The van der Waals surface area contributed by atoms with Gasteiger partial charge in [0.1, 0.15) is 11.9 Å². The molecule has 0 aliphatic rings. The van der Waals surface area contributed by atoms with E-state index in [1.165, 1.54) is 0 Å². The number of methoxy groups -OCH3 is 1. The highest BCUT2D eigenvalue weighted by Gasteiger charge is 2.07. The van der Waals surface area contributed by atoms with Crippen molar-refractivity contribution in [3.63, 3.8) is 0 Å². The Hall–Kier alpha value is -1.13. The van der Waals surface area contributed by atoms with Crippen LogP contribution in [-0.4, -0.2) is 31.9 Å².